The molecule has 2 rings (SSSR count). The number of anilines is 1. The Morgan fingerprint density at radius 3 is 2.72 bits per heavy atom. The quantitative estimate of drug-likeness (QED) is 0.875. The molecular formula is C12H15N5O. The van der Waals surface area contributed by atoms with Gasteiger partial charge in [-0.2, -0.15) is 0 Å². The molecule has 0 saturated heterocycles. The average Bonchev–Trinajstić information content (AvgIpc) is 2.70. The minimum Gasteiger partial charge on any atom is -0.326 e. The lowest BCUT2D eigenvalue weighted by Crippen LogP contribution is -2.17. The number of aromatic nitrogens is 4. The first kappa shape index (κ1) is 12.2. The Kier molecular flexibility index (Phi) is 3.36. The van der Waals surface area contributed by atoms with E-state index in [4.69, 9.17) is 0 Å². The highest BCUT2D eigenvalue weighted by Crippen LogP contribution is 2.14. The topological polar surface area (TPSA) is 72.7 Å². The maximum atomic E-state index is 11.8. The molecular weight excluding hydrogens is 230 g/mol. The highest BCUT2D eigenvalue weighted by atomic mass is 16.1. The van der Waals surface area contributed by atoms with E-state index >= 15 is 0 Å². The molecule has 1 amide bonds. The third-order valence-corrected chi connectivity index (χ3v) is 2.82. The van der Waals surface area contributed by atoms with Gasteiger partial charge in [0.1, 0.15) is 0 Å². The third-order valence-electron chi connectivity index (χ3n) is 2.82. The SMILES string of the molecule is Cc1ccc(NC(=O)Cc2nnnn2C)cc1C. The number of nitrogens with zero attached hydrogens (tertiary/aromatic N) is 4. The van der Waals surface area contributed by atoms with Crippen LogP contribution in [-0.2, 0) is 18.3 Å². The molecule has 0 aliphatic heterocycles. The Labute approximate surface area is 105 Å². The van der Waals surface area contributed by atoms with Gasteiger partial charge in [-0.25, -0.2) is 4.68 Å². The first-order valence-electron chi connectivity index (χ1n) is 5.64. The first-order valence-corrected chi connectivity index (χ1v) is 5.64. The standard InChI is InChI=1S/C12H15N5O/c1-8-4-5-10(6-9(8)2)13-12(18)7-11-14-15-16-17(11)3/h4-6H,7H2,1-3H3,(H,13,18). The summed E-state index contributed by atoms with van der Waals surface area (Å²) in [6, 6.07) is 5.81. The number of carbonyl (C=O) groups is 1. The summed E-state index contributed by atoms with van der Waals surface area (Å²) in [6.07, 6.45) is 0.163. The normalized spacial score (nSPS) is 10.4. The Balaban J connectivity index is 2.03. The van der Waals surface area contributed by atoms with Crippen molar-refractivity contribution in [3.8, 4) is 0 Å². The van der Waals surface area contributed by atoms with Crippen molar-refractivity contribution < 1.29 is 4.79 Å². The number of hydrogen-bond acceptors (Lipinski definition) is 4. The van der Waals surface area contributed by atoms with Crippen LogP contribution >= 0.6 is 0 Å². The number of carbonyl (C=O) groups excluding carboxylic acids is 1. The molecule has 0 aliphatic carbocycles. The number of hydrogen-bond donors (Lipinski definition) is 1. The predicted molar refractivity (Wildman–Crippen MR) is 67.0 cm³/mol. The van der Waals surface area contributed by atoms with E-state index in [2.05, 4.69) is 20.8 Å². The van der Waals surface area contributed by atoms with E-state index in [1.165, 1.54) is 10.2 Å². The molecule has 0 aliphatic rings. The van der Waals surface area contributed by atoms with Crippen molar-refractivity contribution in [2.24, 2.45) is 7.05 Å². The summed E-state index contributed by atoms with van der Waals surface area (Å²) in [4.78, 5) is 11.8. The van der Waals surface area contributed by atoms with Crippen LogP contribution in [-0.4, -0.2) is 26.1 Å². The minimum atomic E-state index is -0.129. The Morgan fingerprint density at radius 2 is 2.11 bits per heavy atom. The van der Waals surface area contributed by atoms with Crippen molar-refractivity contribution in [2.45, 2.75) is 20.3 Å². The molecule has 0 saturated carbocycles. The van der Waals surface area contributed by atoms with Crippen LogP contribution in [0.4, 0.5) is 5.69 Å². The van der Waals surface area contributed by atoms with Crippen molar-refractivity contribution in [2.75, 3.05) is 5.32 Å². The number of aryl methyl sites for hydroxylation is 3. The second-order valence-electron chi connectivity index (χ2n) is 4.24. The number of benzene rings is 1. The zero-order valence-electron chi connectivity index (χ0n) is 10.6. The molecule has 1 N–H and O–H groups in total. The van der Waals surface area contributed by atoms with Gasteiger partial charge in [0.05, 0.1) is 6.42 Å². The monoisotopic (exact) mass is 245 g/mol. The third kappa shape index (κ3) is 2.71. The zero-order chi connectivity index (χ0) is 13.1. The van der Waals surface area contributed by atoms with Crippen LogP contribution in [0.1, 0.15) is 17.0 Å². The van der Waals surface area contributed by atoms with E-state index < -0.39 is 0 Å². The maximum absolute atomic E-state index is 11.8. The van der Waals surface area contributed by atoms with E-state index in [1.54, 1.807) is 7.05 Å². The minimum absolute atomic E-state index is 0.129. The maximum Gasteiger partial charge on any atom is 0.232 e. The van der Waals surface area contributed by atoms with Crippen molar-refractivity contribution in [3.63, 3.8) is 0 Å². The largest absolute Gasteiger partial charge is 0.326 e. The van der Waals surface area contributed by atoms with E-state index in [9.17, 15) is 4.79 Å². The smallest absolute Gasteiger partial charge is 0.232 e. The van der Waals surface area contributed by atoms with Crippen LogP contribution in [0.2, 0.25) is 0 Å². The van der Waals surface area contributed by atoms with Crippen LogP contribution in [0, 0.1) is 13.8 Å². The van der Waals surface area contributed by atoms with E-state index in [1.807, 2.05) is 32.0 Å². The van der Waals surface area contributed by atoms with Gasteiger partial charge in [0.2, 0.25) is 5.91 Å². The fourth-order valence-electron chi connectivity index (χ4n) is 1.57. The van der Waals surface area contributed by atoms with Crippen molar-refractivity contribution in [1.29, 1.82) is 0 Å². The molecule has 1 heterocycles. The van der Waals surface area contributed by atoms with E-state index in [0.717, 1.165) is 11.3 Å². The van der Waals surface area contributed by atoms with Crippen LogP contribution in [0.25, 0.3) is 0 Å². The molecule has 18 heavy (non-hydrogen) atoms. The molecule has 6 nitrogen and oxygen atoms in total. The number of rotatable bonds is 3. The van der Waals surface area contributed by atoms with Crippen molar-refractivity contribution >= 4 is 11.6 Å². The lowest BCUT2D eigenvalue weighted by atomic mass is 10.1. The zero-order valence-corrected chi connectivity index (χ0v) is 10.6. The molecule has 0 spiro atoms. The second-order valence-corrected chi connectivity index (χ2v) is 4.24. The Morgan fingerprint density at radius 1 is 1.33 bits per heavy atom. The summed E-state index contributed by atoms with van der Waals surface area (Å²) in [5.74, 6) is 0.410. The molecule has 0 fully saturated rings. The lowest BCUT2D eigenvalue weighted by Gasteiger charge is -2.07. The van der Waals surface area contributed by atoms with Gasteiger partial charge >= 0.3 is 0 Å². The lowest BCUT2D eigenvalue weighted by molar-refractivity contribution is -0.115. The summed E-state index contributed by atoms with van der Waals surface area (Å²) < 4.78 is 1.49. The summed E-state index contributed by atoms with van der Waals surface area (Å²) in [5, 5.41) is 13.8. The molecule has 0 unspecified atom stereocenters. The summed E-state index contributed by atoms with van der Waals surface area (Å²) in [6.45, 7) is 4.05. The molecule has 0 radical (unpaired) electrons. The van der Waals surface area contributed by atoms with Crippen molar-refractivity contribution in [3.05, 3.63) is 35.2 Å². The van der Waals surface area contributed by atoms with E-state index in [0.29, 0.717) is 5.82 Å². The van der Waals surface area contributed by atoms with Gasteiger partial charge in [0.15, 0.2) is 5.82 Å². The number of nitrogens with one attached hydrogen (secondary N) is 1. The van der Waals surface area contributed by atoms with E-state index in [-0.39, 0.29) is 12.3 Å². The second kappa shape index (κ2) is 4.95. The summed E-state index contributed by atoms with van der Waals surface area (Å²) >= 11 is 0. The Hall–Kier alpha value is -2.24. The highest BCUT2D eigenvalue weighted by Gasteiger charge is 2.09. The van der Waals surface area contributed by atoms with Crippen molar-refractivity contribution in [1.82, 2.24) is 20.2 Å². The van der Waals surface area contributed by atoms with Gasteiger partial charge in [0.25, 0.3) is 0 Å². The van der Waals surface area contributed by atoms with Gasteiger partial charge in [-0.3, -0.25) is 4.79 Å². The van der Waals surface area contributed by atoms with Crippen LogP contribution < -0.4 is 5.32 Å². The van der Waals surface area contributed by atoms with Crippen LogP contribution in [0.15, 0.2) is 18.2 Å². The van der Waals surface area contributed by atoms with Crippen LogP contribution in [0.3, 0.4) is 0 Å². The molecule has 0 bridgehead atoms. The van der Waals surface area contributed by atoms with Gasteiger partial charge < -0.3 is 5.32 Å². The summed E-state index contributed by atoms with van der Waals surface area (Å²) in [5.41, 5.74) is 3.14. The molecule has 1 aromatic carbocycles. The highest BCUT2D eigenvalue weighted by molar-refractivity contribution is 5.91. The average molecular weight is 245 g/mol. The van der Waals surface area contributed by atoms with Gasteiger partial charge in [-0.15, -0.1) is 5.10 Å². The van der Waals surface area contributed by atoms with Gasteiger partial charge in [-0.1, -0.05) is 6.07 Å². The molecule has 0 atom stereocenters. The van der Waals surface area contributed by atoms with Crippen LogP contribution in [0.5, 0.6) is 0 Å². The molecule has 1 aromatic heterocycles. The molecule has 6 heteroatoms. The Bertz CT molecular complexity index is 576. The molecule has 94 valence electrons. The van der Waals surface area contributed by atoms with Gasteiger partial charge in [0, 0.05) is 12.7 Å². The number of amides is 1. The van der Waals surface area contributed by atoms with Gasteiger partial charge in [-0.05, 0) is 47.5 Å². The number of tetrazole rings is 1. The first-order chi connectivity index (χ1) is 8.56. The molecule has 2 aromatic rings. The summed E-state index contributed by atoms with van der Waals surface area (Å²) in [7, 11) is 1.71. The fourth-order valence-corrected chi connectivity index (χ4v) is 1.57. The predicted octanol–water partition coefficient (Wildman–Crippen LogP) is 1.01. The fraction of sp³-hybridized carbons (Fsp3) is 0.333.